The summed E-state index contributed by atoms with van der Waals surface area (Å²) in [5.41, 5.74) is 21.0. The average molecular weight is 724 g/mol. The van der Waals surface area contributed by atoms with Crippen molar-refractivity contribution in [2.75, 3.05) is 0 Å². The first kappa shape index (κ1) is 36.2. The zero-order valence-corrected chi connectivity index (χ0v) is 31.8. The van der Waals surface area contributed by atoms with Gasteiger partial charge in [-0.15, -0.1) is 0 Å². The lowest BCUT2D eigenvalue weighted by Crippen LogP contribution is -2.29. The number of fused-ring (bicyclic) bond motifs is 1. The molecule has 3 nitrogen and oxygen atoms in total. The predicted molar refractivity (Wildman–Crippen MR) is 237 cm³/mol. The van der Waals surface area contributed by atoms with E-state index in [4.69, 9.17) is 15.7 Å². The van der Waals surface area contributed by atoms with Gasteiger partial charge in [0.05, 0.1) is 12.0 Å². The van der Waals surface area contributed by atoms with Crippen LogP contribution in [0.3, 0.4) is 0 Å². The van der Waals surface area contributed by atoms with E-state index in [0.29, 0.717) is 18.2 Å². The number of benzene rings is 6. The molecule has 0 aliphatic heterocycles. The highest BCUT2D eigenvalue weighted by molar-refractivity contribution is 6.12. The molecule has 2 N–H and O–H groups in total. The summed E-state index contributed by atoms with van der Waals surface area (Å²) in [6.45, 7) is 6.80. The highest BCUT2D eigenvalue weighted by Crippen LogP contribution is 2.59. The van der Waals surface area contributed by atoms with Crippen molar-refractivity contribution in [3.05, 3.63) is 245 Å². The Balaban J connectivity index is 1.27. The molecule has 0 bridgehead atoms. The van der Waals surface area contributed by atoms with Gasteiger partial charge < -0.3 is 5.73 Å². The number of nitrogens with zero attached hydrogens (tertiary/aromatic N) is 2. The molecule has 0 heterocycles. The van der Waals surface area contributed by atoms with Crippen LogP contribution in [0.15, 0.2) is 222 Å². The first-order valence-electron chi connectivity index (χ1n) is 19.4. The molecule has 8 rings (SSSR count). The Kier molecular flexibility index (Phi) is 10.5. The van der Waals surface area contributed by atoms with E-state index >= 15 is 0 Å². The molecule has 3 heteroatoms. The molecule has 272 valence electrons. The molecule has 6 aromatic carbocycles. The Morgan fingerprint density at radius 1 is 0.696 bits per heavy atom. The topological polar surface area (TPSA) is 50.7 Å². The van der Waals surface area contributed by atoms with Crippen molar-refractivity contribution in [1.29, 1.82) is 0 Å². The minimum Gasteiger partial charge on any atom is -0.383 e. The van der Waals surface area contributed by atoms with Gasteiger partial charge in [0.1, 0.15) is 5.84 Å². The van der Waals surface area contributed by atoms with Gasteiger partial charge in [-0.3, -0.25) is 4.99 Å². The number of nitrogens with two attached hydrogens (primary N) is 1. The normalized spacial score (nSPS) is 16.5. The van der Waals surface area contributed by atoms with Crippen LogP contribution in [0.5, 0.6) is 0 Å². The lowest BCUT2D eigenvalue weighted by molar-refractivity contribution is 0.769. The standard InChI is InChI=1S/C53H45N3/c1-3-20-47-48-34-19-33-46(50(48)53(49(47)4-2,44-29-13-7-14-30-44)45-31-15-8-16-32-45)42-27-17-25-40(35-42)41-26-18-28-43(36-41)52(55-37-38-21-9-5-10-22-38)56-51(54)39-23-11-6-12-24-39/h3-5,7-11,13-36H,1,6,12,37H2,2H3,(H2,54,55,56)/b47-20-,49-4+. The molecule has 2 aliphatic rings. The van der Waals surface area contributed by atoms with Crippen LogP contribution in [0.25, 0.3) is 27.8 Å². The van der Waals surface area contributed by atoms with Crippen LogP contribution < -0.4 is 5.73 Å². The van der Waals surface area contributed by atoms with Crippen molar-refractivity contribution >= 4 is 17.2 Å². The van der Waals surface area contributed by atoms with Gasteiger partial charge in [0.25, 0.3) is 0 Å². The van der Waals surface area contributed by atoms with Gasteiger partial charge in [0.2, 0.25) is 0 Å². The highest BCUT2D eigenvalue weighted by atomic mass is 15.0. The summed E-state index contributed by atoms with van der Waals surface area (Å²) in [7, 11) is 0. The van der Waals surface area contributed by atoms with Crippen molar-refractivity contribution in [3.63, 3.8) is 0 Å². The maximum atomic E-state index is 6.62. The van der Waals surface area contributed by atoms with Crippen LogP contribution in [0, 0.1) is 0 Å². The third-order valence-corrected chi connectivity index (χ3v) is 10.8. The molecule has 2 aliphatic carbocycles. The number of hydrogen-bond acceptors (Lipinski definition) is 1. The molecule has 56 heavy (non-hydrogen) atoms. The fourth-order valence-corrected chi connectivity index (χ4v) is 8.34. The second kappa shape index (κ2) is 16.3. The first-order chi connectivity index (χ1) is 27.6. The Labute approximate surface area is 331 Å². The quantitative estimate of drug-likeness (QED) is 0.117. The largest absolute Gasteiger partial charge is 0.383 e. The molecule has 0 spiro atoms. The number of aliphatic imine (C=N–C) groups is 2. The van der Waals surface area contributed by atoms with Crippen molar-refractivity contribution in [3.8, 4) is 22.3 Å². The van der Waals surface area contributed by atoms with Crippen molar-refractivity contribution < 1.29 is 0 Å². The van der Waals surface area contributed by atoms with Crippen LogP contribution in [0.4, 0.5) is 0 Å². The maximum Gasteiger partial charge on any atom is 0.157 e. The van der Waals surface area contributed by atoms with Crippen LogP contribution >= 0.6 is 0 Å². The van der Waals surface area contributed by atoms with E-state index in [2.05, 4.69) is 183 Å². The van der Waals surface area contributed by atoms with Crippen molar-refractivity contribution in [2.45, 2.75) is 31.7 Å². The Bertz CT molecular complexity index is 2530. The fourth-order valence-electron chi connectivity index (χ4n) is 8.34. The van der Waals surface area contributed by atoms with Gasteiger partial charge in [-0.2, -0.15) is 0 Å². The number of allylic oxidation sites excluding steroid dienone is 7. The number of amidine groups is 2. The minimum atomic E-state index is -0.543. The van der Waals surface area contributed by atoms with E-state index in [1.807, 2.05) is 24.3 Å². The van der Waals surface area contributed by atoms with Crippen LogP contribution in [-0.2, 0) is 12.0 Å². The molecular formula is C53H45N3. The Morgan fingerprint density at radius 2 is 1.32 bits per heavy atom. The van der Waals surface area contributed by atoms with Crippen LogP contribution in [0.2, 0.25) is 0 Å². The van der Waals surface area contributed by atoms with Gasteiger partial charge in [0, 0.05) is 11.1 Å². The lowest BCUT2D eigenvalue weighted by Gasteiger charge is -2.35. The van der Waals surface area contributed by atoms with Gasteiger partial charge in [-0.1, -0.05) is 189 Å². The summed E-state index contributed by atoms with van der Waals surface area (Å²) < 4.78 is 0. The van der Waals surface area contributed by atoms with E-state index < -0.39 is 5.41 Å². The molecule has 0 saturated heterocycles. The van der Waals surface area contributed by atoms with E-state index in [9.17, 15) is 0 Å². The van der Waals surface area contributed by atoms with Crippen molar-refractivity contribution in [2.24, 2.45) is 15.7 Å². The van der Waals surface area contributed by atoms with Gasteiger partial charge in [-0.05, 0) is 93.1 Å². The molecule has 0 amide bonds. The Hall–Kier alpha value is -6.84. The second-order valence-corrected chi connectivity index (χ2v) is 14.2. The highest BCUT2D eigenvalue weighted by Gasteiger charge is 2.49. The number of rotatable bonds is 9. The summed E-state index contributed by atoms with van der Waals surface area (Å²) in [6.07, 6.45) is 14.7. The SMILES string of the molecule is C=C/C=C1\C(=C/C)C(c2ccccc2)(c2ccccc2)c2c1cccc2-c1cccc(-c2cccc(C(/N=C(\N)C3=CCCC=C3)=N/Cc3ccccc3)c2)c1. The summed E-state index contributed by atoms with van der Waals surface area (Å²) >= 11 is 0. The summed E-state index contributed by atoms with van der Waals surface area (Å²) in [5, 5.41) is 0. The molecular weight excluding hydrogens is 679 g/mol. The average Bonchev–Trinajstić information content (AvgIpc) is 3.56. The monoisotopic (exact) mass is 723 g/mol. The summed E-state index contributed by atoms with van der Waals surface area (Å²) in [4.78, 5) is 9.97. The zero-order valence-electron chi connectivity index (χ0n) is 31.8. The van der Waals surface area contributed by atoms with Gasteiger partial charge in [-0.25, -0.2) is 4.99 Å². The summed E-state index contributed by atoms with van der Waals surface area (Å²) in [5.74, 6) is 1.09. The smallest absolute Gasteiger partial charge is 0.157 e. The van der Waals surface area contributed by atoms with Gasteiger partial charge in [0.15, 0.2) is 5.84 Å². The zero-order chi connectivity index (χ0) is 38.3. The van der Waals surface area contributed by atoms with Crippen LogP contribution in [-0.4, -0.2) is 11.7 Å². The van der Waals surface area contributed by atoms with Gasteiger partial charge >= 0.3 is 0 Å². The van der Waals surface area contributed by atoms with E-state index in [1.165, 1.54) is 39.0 Å². The molecule has 6 aromatic rings. The summed E-state index contributed by atoms with van der Waals surface area (Å²) in [6, 6.07) is 56.2. The fraction of sp³-hybridized carbons (Fsp3) is 0.0943. The number of hydrogen-bond donors (Lipinski definition) is 1. The molecule has 0 atom stereocenters. The molecule has 0 saturated carbocycles. The minimum absolute atomic E-state index is 0.476. The molecule has 0 unspecified atom stereocenters. The third-order valence-electron chi connectivity index (χ3n) is 10.8. The third kappa shape index (κ3) is 6.85. The van der Waals surface area contributed by atoms with E-state index in [0.717, 1.165) is 46.2 Å². The van der Waals surface area contributed by atoms with E-state index in [1.54, 1.807) is 0 Å². The second-order valence-electron chi connectivity index (χ2n) is 14.2. The Morgan fingerprint density at radius 3 is 1.98 bits per heavy atom. The lowest BCUT2D eigenvalue weighted by atomic mass is 9.66. The maximum absolute atomic E-state index is 6.62. The molecule has 0 aromatic heterocycles. The van der Waals surface area contributed by atoms with E-state index in [-0.39, 0.29) is 0 Å². The molecule has 0 fully saturated rings. The van der Waals surface area contributed by atoms with Crippen LogP contribution in [0.1, 0.15) is 53.1 Å². The van der Waals surface area contributed by atoms with Crippen molar-refractivity contribution in [1.82, 2.24) is 0 Å². The predicted octanol–water partition coefficient (Wildman–Crippen LogP) is 12.5. The first-order valence-corrected chi connectivity index (χ1v) is 19.4. The molecule has 0 radical (unpaired) electrons.